The van der Waals surface area contributed by atoms with Gasteiger partial charge in [0.25, 0.3) is 9.84 Å². The zero-order valence-corrected chi connectivity index (χ0v) is 28.1. The molecule has 1 aliphatic rings. The van der Waals surface area contributed by atoms with Gasteiger partial charge in [-0.2, -0.15) is 4.98 Å². The topological polar surface area (TPSA) is 176 Å². The number of carbonyl (C=O) groups excluding carboxylic acids is 1. The normalized spacial score (nSPS) is 13.1. The van der Waals surface area contributed by atoms with E-state index in [-0.39, 0.29) is 39.2 Å². The number of benzene rings is 3. The molecule has 1 saturated heterocycles. The van der Waals surface area contributed by atoms with E-state index in [1.807, 2.05) is 18.2 Å². The molecule has 3 heterocycles. The molecule has 0 unspecified atom stereocenters. The monoisotopic (exact) mass is 719 g/mol. The van der Waals surface area contributed by atoms with E-state index in [2.05, 4.69) is 36.5 Å². The number of halogens is 1. The predicted octanol–water partition coefficient (Wildman–Crippen LogP) is 4.54. The smallest absolute Gasteiger partial charge is 0.415 e. The molecular formula is C33H30ClN7O8S. The first-order valence-corrected chi connectivity index (χ1v) is 17.0. The van der Waals surface area contributed by atoms with E-state index in [9.17, 15) is 18.4 Å². The summed E-state index contributed by atoms with van der Waals surface area (Å²) in [4.78, 5) is 24.2. The van der Waals surface area contributed by atoms with E-state index in [0.29, 0.717) is 48.9 Å². The van der Waals surface area contributed by atoms with Gasteiger partial charge in [-0.15, -0.1) is 0 Å². The van der Waals surface area contributed by atoms with Crippen molar-refractivity contribution in [1.29, 1.82) is 0 Å². The summed E-state index contributed by atoms with van der Waals surface area (Å²) < 4.78 is 47.9. The number of ether oxygens (including phenoxy) is 3. The van der Waals surface area contributed by atoms with E-state index in [1.165, 1.54) is 36.5 Å². The molecule has 0 atom stereocenters. The van der Waals surface area contributed by atoms with Gasteiger partial charge in [0.1, 0.15) is 23.1 Å². The fourth-order valence-electron chi connectivity index (χ4n) is 5.10. The fraction of sp³-hybridized carbons (Fsp3) is 0.182. The van der Waals surface area contributed by atoms with E-state index < -0.39 is 20.7 Å². The Morgan fingerprint density at radius 1 is 1.08 bits per heavy atom. The zero-order chi connectivity index (χ0) is 35.3. The van der Waals surface area contributed by atoms with Gasteiger partial charge in [-0.3, -0.25) is 9.42 Å². The average molecular weight is 720 g/mol. The summed E-state index contributed by atoms with van der Waals surface area (Å²) in [7, 11) is -2.72. The molecule has 1 N–H and O–H groups in total. The maximum Gasteiger partial charge on any atom is 0.415 e. The van der Waals surface area contributed by atoms with Crippen molar-refractivity contribution in [3.63, 3.8) is 0 Å². The molecule has 17 heteroatoms. The van der Waals surface area contributed by atoms with Gasteiger partial charge in [0.15, 0.2) is 0 Å². The summed E-state index contributed by atoms with van der Waals surface area (Å²) in [6, 6.07) is 19.7. The van der Waals surface area contributed by atoms with Gasteiger partial charge < -0.3 is 34.5 Å². The molecular weight excluding hydrogens is 690 g/mol. The minimum absolute atomic E-state index is 0.0601. The van der Waals surface area contributed by atoms with Crippen LogP contribution in [0.5, 0.6) is 23.3 Å². The molecule has 1 aliphatic heterocycles. The van der Waals surface area contributed by atoms with Crippen LogP contribution in [0.4, 0.5) is 17.3 Å². The Balaban J connectivity index is 1.13. The number of amides is 1. The highest BCUT2D eigenvalue weighted by Crippen LogP contribution is 2.34. The lowest BCUT2D eigenvalue weighted by atomic mass is 10.2. The van der Waals surface area contributed by atoms with Crippen molar-refractivity contribution < 1.29 is 37.0 Å². The Morgan fingerprint density at radius 2 is 1.86 bits per heavy atom. The number of sulfone groups is 1. The summed E-state index contributed by atoms with van der Waals surface area (Å²) in [6.45, 7) is 5.90. The molecule has 1 amide bonds. The second kappa shape index (κ2) is 14.7. The Morgan fingerprint density at radius 3 is 2.60 bits per heavy atom. The molecule has 1 fully saturated rings. The minimum Gasteiger partial charge on any atom is -0.494 e. The van der Waals surface area contributed by atoms with Crippen LogP contribution in [0.1, 0.15) is 5.56 Å². The van der Waals surface area contributed by atoms with Gasteiger partial charge in [0, 0.05) is 37.9 Å². The number of nitrogens with one attached hydrogen (secondary N) is 1. The van der Waals surface area contributed by atoms with Crippen LogP contribution in [0, 0.1) is 5.21 Å². The van der Waals surface area contributed by atoms with Crippen LogP contribution in [0.3, 0.4) is 0 Å². The molecule has 0 radical (unpaired) electrons. The van der Waals surface area contributed by atoms with Gasteiger partial charge >= 0.3 is 10.9 Å². The number of rotatable bonds is 12. The molecule has 0 aliphatic carbocycles. The summed E-state index contributed by atoms with van der Waals surface area (Å²) in [6.07, 6.45) is 2.72. The predicted molar refractivity (Wildman–Crippen MR) is 181 cm³/mol. The Hall–Kier alpha value is -5.87. The molecule has 5 aromatic rings. The van der Waals surface area contributed by atoms with Crippen molar-refractivity contribution in [2.75, 3.05) is 43.5 Å². The molecule has 50 heavy (non-hydrogen) atoms. The van der Waals surface area contributed by atoms with E-state index in [1.54, 1.807) is 42.3 Å². The highest BCUT2D eigenvalue weighted by atomic mass is 35.5. The first-order chi connectivity index (χ1) is 24.2. The molecule has 0 saturated carbocycles. The summed E-state index contributed by atoms with van der Waals surface area (Å²) in [5.41, 5.74) is 2.09. The second-order valence-electron chi connectivity index (χ2n) is 10.8. The van der Waals surface area contributed by atoms with Crippen LogP contribution in [0.2, 0.25) is 5.02 Å². The van der Waals surface area contributed by atoms with E-state index >= 15 is 0 Å². The van der Waals surface area contributed by atoms with Crippen LogP contribution in [0.25, 0.3) is 0 Å². The lowest BCUT2D eigenvalue weighted by Crippen LogP contribution is -2.48. The summed E-state index contributed by atoms with van der Waals surface area (Å²) in [5, 5.41) is 18.2. The van der Waals surface area contributed by atoms with Crippen LogP contribution in [-0.2, 0) is 21.2 Å². The number of aromatic nitrogens is 4. The van der Waals surface area contributed by atoms with Crippen molar-refractivity contribution in [1.82, 2.24) is 20.0 Å². The third kappa shape index (κ3) is 7.40. The average Bonchev–Trinajstić information content (AvgIpc) is 3.53. The van der Waals surface area contributed by atoms with Crippen LogP contribution in [-0.4, -0.2) is 67.6 Å². The summed E-state index contributed by atoms with van der Waals surface area (Å²) >= 11 is 6.38. The zero-order valence-electron chi connectivity index (χ0n) is 26.6. The summed E-state index contributed by atoms with van der Waals surface area (Å²) in [5.74, 6) is 0.571. The lowest BCUT2D eigenvalue weighted by molar-refractivity contribution is -0.832. The standard InChI is InChI=1S/C33H30ClN7O8S/c1-3-29(42)40-16-14-39(15-17-40)23-12-13-27(28(19-23)46-2)36-33-35-20-26(34)30(37-33)48-24-9-7-8-22(18-24)21-47-31-32(41(43)49-38-31)50(44,45)25-10-5-4-6-11-25/h3-13,18-20H,1,14-17,21H2,2H3,(H,35,36,37). The first kappa shape index (κ1) is 34.0. The first-order valence-electron chi connectivity index (χ1n) is 15.1. The number of carbonyl (C=O) groups is 1. The molecule has 15 nitrogen and oxygen atoms in total. The van der Waals surface area contributed by atoms with Crippen molar-refractivity contribution >= 4 is 44.7 Å². The highest BCUT2D eigenvalue weighted by molar-refractivity contribution is 7.91. The molecule has 0 bridgehead atoms. The van der Waals surface area contributed by atoms with Crippen molar-refractivity contribution in [2.45, 2.75) is 16.5 Å². The van der Waals surface area contributed by atoms with Crippen molar-refractivity contribution in [3.05, 3.63) is 107 Å². The quantitative estimate of drug-likeness (QED) is 0.141. The van der Waals surface area contributed by atoms with E-state index in [4.69, 9.17) is 25.8 Å². The van der Waals surface area contributed by atoms with Gasteiger partial charge in [0.2, 0.25) is 17.7 Å². The minimum atomic E-state index is -4.27. The number of hydrogen-bond acceptors (Lipinski definition) is 13. The third-order valence-electron chi connectivity index (χ3n) is 7.62. The van der Waals surface area contributed by atoms with Crippen molar-refractivity contribution in [2.24, 2.45) is 0 Å². The molecule has 2 aromatic heterocycles. The Bertz CT molecular complexity index is 2120. The molecule has 6 rings (SSSR count). The van der Waals surface area contributed by atoms with Gasteiger partial charge in [-0.1, -0.05) is 48.5 Å². The van der Waals surface area contributed by atoms with Crippen LogP contribution >= 0.6 is 11.6 Å². The Kier molecular flexibility index (Phi) is 10.0. The fourth-order valence-corrected chi connectivity index (χ4v) is 6.52. The number of nitrogens with zero attached hydrogens (tertiary/aromatic N) is 6. The van der Waals surface area contributed by atoms with Crippen LogP contribution in [0.15, 0.2) is 106 Å². The largest absolute Gasteiger partial charge is 0.494 e. The maximum absolute atomic E-state index is 13.1. The molecule has 0 spiro atoms. The van der Waals surface area contributed by atoms with Crippen LogP contribution < -0.4 is 29.3 Å². The van der Waals surface area contributed by atoms with Gasteiger partial charge in [-0.05, 0) is 52.9 Å². The number of anilines is 3. The number of methoxy groups -OCH3 is 1. The van der Waals surface area contributed by atoms with Gasteiger partial charge in [-0.25, -0.2) is 13.4 Å². The van der Waals surface area contributed by atoms with E-state index in [0.717, 1.165) is 5.69 Å². The number of hydrogen-bond donors (Lipinski definition) is 1. The second-order valence-corrected chi connectivity index (χ2v) is 13.0. The number of piperazine rings is 1. The molecule has 258 valence electrons. The molecule has 3 aromatic carbocycles. The maximum atomic E-state index is 13.1. The highest BCUT2D eigenvalue weighted by Gasteiger charge is 2.35. The van der Waals surface area contributed by atoms with Crippen molar-refractivity contribution in [3.8, 4) is 23.3 Å². The van der Waals surface area contributed by atoms with Gasteiger partial charge in [0.05, 0.1) is 29.0 Å². The third-order valence-corrected chi connectivity index (χ3v) is 9.60. The Labute approximate surface area is 291 Å². The SMILES string of the molecule is C=CC(=O)N1CCN(c2ccc(Nc3ncc(Cl)c(Oc4cccc(COc5no[n+]([O-])c5S(=O)(=O)c5ccccc5)c4)n3)c(OC)c2)CC1. The lowest BCUT2D eigenvalue weighted by Gasteiger charge is -2.35.